The first-order valence-corrected chi connectivity index (χ1v) is 21.5. The number of esters is 2. The maximum Gasteiger partial charge on any atom is 0.305 e. The molecule has 1 saturated heterocycles. The molecule has 1 aliphatic rings. The molecular weight excluding hydrogens is 724 g/mol. The van der Waals surface area contributed by atoms with Crippen LogP contribution in [0.3, 0.4) is 0 Å². The second kappa shape index (κ2) is 27.9. The monoisotopic (exact) mass is 790 g/mol. The summed E-state index contributed by atoms with van der Waals surface area (Å²) in [6.45, 7) is 3.43. The fraction of sp³-hybridized carbons (Fsp3) is 0.583. The molecule has 1 fully saturated rings. The molecule has 0 saturated carbocycles. The van der Waals surface area contributed by atoms with Gasteiger partial charge in [-0.3, -0.25) is 9.59 Å². The van der Waals surface area contributed by atoms with Crippen molar-refractivity contribution in [2.75, 3.05) is 6.61 Å². The van der Waals surface area contributed by atoms with Crippen LogP contribution in [-0.2, 0) is 57.8 Å². The Kier molecular flexibility index (Phi) is 22.6. The van der Waals surface area contributed by atoms with Crippen LogP contribution >= 0.6 is 0 Å². The summed E-state index contributed by atoms with van der Waals surface area (Å²) in [7, 11) is 0. The predicted molar refractivity (Wildman–Crippen MR) is 221 cm³/mol. The van der Waals surface area contributed by atoms with Gasteiger partial charge in [0.2, 0.25) is 6.29 Å². The van der Waals surface area contributed by atoms with Crippen molar-refractivity contribution in [3.63, 3.8) is 0 Å². The van der Waals surface area contributed by atoms with Crippen LogP contribution in [0, 0.1) is 0 Å². The zero-order valence-corrected chi connectivity index (χ0v) is 34.4. The third kappa shape index (κ3) is 18.2. The average molecular weight is 791 g/mol. The van der Waals surface area contributed by atoms with Crippen molar-refractivity contribution in [1.82, 2.24) is 0 Å². The van der Waals surface area contributed by atoms with E-state index in [1.54, 1.807) is 0 Å². The maximum absolute atomic E-state index is 16.5. The van der Waals surface area contributed by atoms with E-state index >= 15 is 4.39 Å². The molecule has 1 heterocycles. The van der Waals surface area contributed by atoms with E-state index in [1.807, 2.05) is 91.0 Å². The minimum atomic E-state index is -1.81. The molecule has 1 aliphatic heterocycles. The molecule has 3 aromatic carbocycles. The number of carbonyl (C=O) groups is 2. The molecule has 0 N–H and O–H groups in total. The first-order chi connectivity index (χ1) is 27.9. The normalized spacial score (nSPS) is 19.9. The molecular formula is C48H67FO8. The Bertz CT molecular complexity index is 1480. The molecule has 0 radical (unpaired) electrons. The number of ether oxygens (including phenoxy) is 6. The summed E-state index contributed by atoms with van der Waals surface area (Å²) in [5, 5.41) is 0. The van der Waals surface area contributed by atoms with E-state index in [0.717, 1.165) is 36.0 Å². The number of halogens is 1. The molecule has 0 amide bonds. The van der Waals surface area contributed by atoms with Gasteiger partial charge in [0.25, 0.3) is 0 Å². The minimum Gasteiger partial charge on any atom is -0.462 e. The summed E-state index contributed by atoms with van der Waals surface area (Å²) in [6.07, 6.45) is 11.3. The first kappa shape index (κ1) is 46.1. The number of rotatable bonds is 29. The lowest BCUT2D eigenvalue weighted by Crippen LogP contribution is -2.63. The topological polar surface area (TPSA) is 89.5 Å². The van der Waals surface area contributed by atoms with Crippen LogP contribution in [0.5, 0.6) is 0 Å². The number of carbonyl (C=O) groups excluding carboxylic acids is 2. The Labute approximate surface area is 341 Å². The summed E-state index contributed by atoms with van der Waals surface area (Å²) in [4.78, 5) is 25.2. The summed E-state index contributed by atoms with van der Waals surface area (Å²) in [5.74, 6) is -1.08. The van der Waals surface area contributed by atoms with E-state index < -0.39 is 55.4 Å². The van der Waals surface area contributed by atoms with Crippen molar-refractivity contribution in [1.29, 1.82) is 0 Å². The summed E-state index contributed by atoms with van der Waals surface area (Å²) < 4.78 is 53.2. The van der Waals surface area contributed by atoms with Crippen LogP contribution in [0.2, 0.25) is 0 Å². The Morgan fingerprint density at radius 3 is 1.42 bits per heavy atom. The van der Waals surface area contributed by atoms with Gasteiger partial charge >= 0.3 is 11.9 Å². The second-order valence-corrected chi connectivity index (χ2v) is 15.3. The Morgan fingerprint density at radius 1 is 0.579 bits per heavy atom. The lowest BCUT2D eigenvalue weighted by Gasteiger charge is -2.46. The van der Waals surface area contributed by atoms with E-state index in [2.05, 4.69) is 6.92 Å². The predicted octanol–water partition coefficient (Wildman–Crippen LogP) is 11.2. The molecule has 6 atom stereocenters. The number of hydrogen-bond donors (Lipinski definition) is 0. The van der Waals surface area contributed by atoms with Gasteiger partial charge < -0.3 is 28.4 Å². The number of alkyl halides is 1. The highest BCUT2D eigenvalue weighted by atomic mass is 19.1. The first-order valence-electron chi connectivity index (χ1n) is 21.5. The van der Waals surface area contributed by atoms with Crippen LogP contribution in [0.4, 0.5) is 4.39 Å². The molecule has 0 aliphatic carbocycles. The molecule has 57 heavy (non-hydrogen) atoms. The van der Waals surface area contributed by atoms with Crippen LogP contribution in [0.1, 0.15) is 133 Å². The average Bonchev–Trinajstić information content (AvgIpc) is 3.23. The molecule has 314 valence electrons. The van der Waals surface area contributed by atoms with Crippen LogP contribution in [0.25, 0.3) is 0 Å². The van der Waals surface area contributed by atoms with Gasteiger partial charge in [0.05, 0.1) is 19.8 Å². The lowest BCUT2D eigenvalue weighted by molar-refractivity contribution is -0.323. The lowest BCUT2D eigenvalue weighted by atomic mass is 9.94. The highest BCUT2D eigenvalue weighted by Gasteiger charge is 2.52. The number of benzene rings is 3. The highest BCUT2D eigenvalue weighted by Crippen LogP contribution is 2.33. The van der Waals surface area contributed by atoms with Crippen LogP contribution < -0.4 is 0 Å². The largest absolute Gasteiger partial charge is 0.462 e. The van der Waals surface area contributed by atoms with Gasteiger partial charge in [0, 0.05) is 13.3 Å². The molecule has 3 aromatic rings. The molecule has 4 rings (SSSR count). The van der Waals surface area contributed by atoms with Gasteiger partial charge in [0.15, 0.2) is 6.17 Å². The van der Waals surface area contributed by atoms with E-state index in [1.165, 1.54) is 77.6 Å². The van der Waals surface area contributed by atoms with Crippen molar-refractivity contribution in [3.05, 3.63) is 108 Å². The zero-order valence-electron chi connectivity index (χ0n) is 34.4. The Hall–Kier alpha value is -3.63. The zero-order chi connectivity index (χ0) is 40.3. The van der Waals surface area contributed by atoms with Gasteiger partial charge in [-0.2, -0.15) is 0 Å². The van der Waals surface area contributed by atoms with Crippen molar-refractivity contribution < 1.29 is 42.4 Å². The fourth-order valence-electron chi connectivity index (χ4n) is 7.22. The SMILES string of the molecule is CCCCCCCCCCCCCCCCCC(=O)OC[C@H](F)[C@H]1OC(OC(C)=O)[C@@H](OCc2ccccc2)[C@@H](OCc2ccccc2)[C@@H]1OCc1ccccc1. The van der Waals surface area contributed by atoms with Crippen LogP contribution in [-0.4, -0.2) is 55.4 Å². The number of hydrogen-bond acceptors (Lipinski definition) is 8. The summed E-state index contributed by atoms with van der Waals surface area (Å²) in [6, 6.07) is 28.7. The van der Waals surface area contributed by atoms with E-state index in [4.69, 9.17) is 28.4 Å². The fourth-order valence-corrected chi connectivity index (χ4v) is 7.22. The summed E-state index contributed by atoms with van der Waals surface area (Å²) in [5.41, 5.74) is 2.64. The van der Waals surface area contributed by atoms with Crippen LogP contribution in [0.15, 0.2) is 91.0 Å². The van der Waals surface area contributed by atoms with Gasteiger partial charge in [-0.25, -0.2) is 4.39 Å². The molecule has 8 nitrogen and oxygen atoms in total. The minimum absolute atomic E-state index is 0.131. The Balaban J connectivity index is 1.33. The van der Waals surface area contributed by atoms with Crippen molar-refractivity contribution >= 4 is 11.9 Å². The van der Waals surface area contributed by atoms with E-state index in [-0.39, 0.29) is 26.2 Å². The third-order valence-corrected chi connectivity index (χ3v) is 10.4. The van der Waals surface area contributed by atoms with Gasteiger partial charge in [0.1, 0.15) is 31.0 Å². The number of unbranched alkanes of at least 4 members (excludes halogenated alkanes) is 14. The maximum atomic E-state index is 16.5. The smallest absolute Gasteiger partial charge is 0.305 e. The van der Waals surface area contributed by atoms with Crippen molar-refractivity contribution in [2.24, 2.45) is 0 Å². The summed E-state index contributed by atoms with van der Waals surface area (Å²) >= 11 is 0. The van der Waals surface area contributed by atoms with E-state index in [9.17, 15) is 9.59 Å². The quantitative estimate of drug-likeness (QED) is 0.0507. The third-order valence-electron chi connectivity index (χ3n) is 10.4. The molecule has 0 bridgehead atoms. The van der Waals surface area contributed by atoms with Gasteiger partial charge in [-0.15, -0.1) is 0 Å². The van der Waals surface area contributed by atoms with Crippen molar-refractivity contribution in [3.8, 4) is 0 Å². The highest BCUT2D eigenvalue weighted by molar-refractivity contribution is 5.69. The Morgan fingerprint density at radius 2 is 0.982 bits per heavy atom. The molecule has 0 aromatic heterocycles. The van der Waals surface area contributed by atoms with Gasteiger partial charge in [-0.1, -0.05) is 188 Å². The van der Waals surface area contributed by atoms with Crippen molar-refractivity contribution in [2.45, 2.75) is 173 Å². The molecule has 0 spiro atoms. The molecule has 1 unspecified atom stereocenters. The van der Waals surface area contributed by atoms with Gasteiger partial charge in [-0.05, 0) is 23.1 Å². The standard InChI is InChI=1S/C48H67FO8/c1-3-4-5-6-7-8-9-10-11-12-13-14-15-16-26-33-43(51)52-37-42(49)44-45(53-34-39-27-20-17-21-28-39)46(54-35-40-29-22-18-23-30-40)47(48(57-44)56-38(2)50)55-36-41-31-24-19-25-32-41/h17-25,27-32,42,44-48H,3-16,26,33-37H2,1-2H3/t42-,44+,45+,46-,47-,48?/m0/s1. The molecule has 9 heteroatoms. The van der Waals surface area contributed by atoms with E-state index in [0.29, 0.717) is 6.42 Å². The second-order valence-electron chi connectivity index (χ2n) is 15.3.